The summed E-state index contributed by atoms with van der Waals surface area (Å²) in [4.78, 5) is 29.4. The Morgan fingerprint density at radius 1 is 1.00 bits per heavy atom. The summed E-state index contributed by atoms with van der Waals surface area (Å²) in [7, 11) is 0. The lowest BCUT2D eigenvalue weighted by atomic mass is 10.0. The van der Waals surface area contributed by atoms with Gasteiger partial charge in [0, 0.05) is 11.4 Å². The van der Waals surface area contributed by atoms with E-state index in [0.717, 1.165) is 21.7 Å². The van der Waals surface area contributed by atoms with Gasteiger partial charge in [-0.25, -0.2) is 4.39 Å². The number of para-hydroxylation sites is 1. The molecule has 4 rings (SSSR count). The number of ether oxygens (including phenoxy) is 2. The highest BCUT2D eigenvalue weighted by atomic mass is 32.2. The maximum absolute atomic E-state index is 13.6. The van der Waals surface area contributed by atoms with Crippen molar-refractivity contribution in [3.8, 4) is 11.5 Å². The topological polar surface area (TPSA) is 67.9 Å². The predicted octanol–water partition coefficient (Wildman–Crippen LogP) is 5.63. The molecule has 8 heteroatoms. The molecule has 1 heterocycles. The van der Waals surface area contributed by atoms with Crippen LogP contribution in [-0.2, 0) is 22.6 Å². The first-order chi connectivity index (χ1) is 18.4. The molecule has 3 aromatic rings. The molecule has 1 aliphatic rings. The largest absolute Gasteiger partial charge is 0.490 e. The second-order valence-corrected chi connectivity index (χ2v) is 10.2. The number of rotatable bonds is 11. The van der Waals surface area contributed by atoms with Crippen molar-refractivity contribution in [1.29, 1.82) is 0 Å². The van der Waals surface area contributed by atoms with E-state index in [4.69, 9.17) is 9.47 Å². The van der Waals surface area contributed by atoms with E-state index in [1.807, 2.05) is 56.3 Å². The quantitative estimate of drug-likeness (QED) is 0.344. The fourth-order valence-electron chi connectivity index (χ4n) is 4.37. The summed E-state index contributed by atoms with van der Waals surface area (Å²) >= 11 is 1.42. The van der Waals surface area contributed by atoms with Gasteiger partial charge in [-0.15, -0.1) is 11.8 Å². The van der Waals surface area contributed by atoms with E-state index >= 15 is 0 Å². The molecule has 38 heavy (non-hydrogen) atoms. The minimum absolute atomic E-state index is 0.131. The van der Waals surface area contributed by atoms with Crippen molar-refractivity contribution in [1.82, 2.24) is 5.32 Å². The molecular weight excluding hydrogens is 503 g/mol. The molecule has 0 bridgehead atoms. The van der Waals surface area contributed by atoms with E-state index < -0.39 is 11.2 Å². The molecule has 0 unspecified atom stereocenters. The molecule has 0 aromatic heterocycles. The van der Waals surface area contributed by atoms with Gasteiger partial charge in [0.1, 0.15) is 11.1 Å². The highest BCUT2D eigenvalue weighted by molar-refractivity contribution is 8.01. The number of carbonyl (C=O) groups is 2. The number of hydrogen-bond donors (Lipinski definition) is 1. The molecule has 2 atom stereocenters. The van der Waals surface area contributed by atoms with Crippen LogP contribution in [0.25, 0.3) is 0 Å². The summed E-state index contributed by atoms with van der Waals surface area (Å²) < 4.78 is 24.7. The first-order valence-corrected chi connectivity index (χ1v) is 13.8. The number of anilines is 1. The van der Waals surface area contributed by atoms with E-state index in [1.54, 1.807) is 24.0 Å². The maximum atomic E-state index is 13.6. The van der Waals surface area contributed by atoms with E-state index in [1.165, 1.54) is 23.9 Å². The highest BCUT2D eigenvalue weighted by Gasteiger charge is 2.39. The predicted molar refractivity (Wildman–Crippen MR) is 148 cm³/mol. The van der Waals surface area contributed by atoms with Gasteiger partial charge in [0.25, 0.3) is 0 Å². The highest BCUT2D eigenvalue weighted by Crippen LogP contribution is 2.42. The summed E-state index contributed by atoms with van der Waals surface area (Å²) in [6.45, 7) is 7.47. The smallest absolute Gasteiger partial charge is 0.241 e. The number of hydrogen-bond acceptors (Lipinski definition) is 5. The molecule has 0 radical (unpaired) electrons. The summed E-state index contributed by atoms with van der Waals surface area (Å²) in [5.41, 5.74) is 2.64. The van der Waals surface area contributed by atoms with Gasteiger partial charge in [-0.3, -0.25) is 9.59 Å². The normalized spacial score (nSPS) is 15.5. The molecule has 2 amide bonds. The zero-order valence-corrected chi connectivity index (χ0v) is 22.7. The molecule has 0 fully saturated rings. The van der Waals surface area contributed by atoms with Crippen LogP contribution >= 0.6 is 11.8 Å². The van der Waals surface area contributed by atoms with Crippen molar-refractivity contribution < 1.29 is 23.5 Å². The van der Waals surface area contributed by atoms with Crippen LogP contribution in [0, 0.1) is 11.7 Å². The Labute approximate surface area is 227 Å². The zero-order valence-electron chi connectivity index (χ0n) is 21.9. The summed E-state index contributed by atoms with van der Waals surface area (Å²) in [6.07, 6.45) is 0.621. The fourth-order valence-corrected chi connectivity index (χ4v) is 5.66. The third kappa shape index (κ3) is 6.48. The van der Waals surface area contributed by atoms with Gasteiger partial charge in [0.05, 0.1) is 31.4 Å². The van der Waals surface area contributed by atoms with Crippen LogP contribution in [0.2, 0.25) is 0 Å². The van der Waals surface area contributed by atoms with Gasteiger partial charge in [-0.05, 0) is 67.8 Å². The first kappa shape index (κ1) is 27.5. The van der Waals surface area contributed by atoms with Gasteiger partial charge >= 0.3 is 0 Å². The summed E-state index contributed by atoms with van der Waals surface area (Å²) in [5, 5.41) is 2.43. The van der Waals surface area contributed by atoms with Gasteiger partial charge < -0.3 is 19.7 Å². The van der Waals surface area contributed by atoms with Crippen LogP contribution in [0.3, 0.4) is 0 Å². The molecular formula is C30H33FN2O4S. The van der Waals surface area contributed by atoms with Crippen molar-refractivity contribution in [2.24, 2.45) is 5.92 Å². The minimum Gasteiger partial charge on any atom is -0.490 e. The standard InChI is InChI=1S/C30H33FN2O4S/c1-4-36-25-15-12-21(18-26(25)37-5-2)16-17-32-29(34)20(3)28-30(35)33(19-22-10-13-23(31)14-11-22)24-8-6-7-9-27(24)38-28/h6-15,18,20,28H,4-5,16-17,19H2,1-3H3,(H,32,34)/t20-,28-/m1/s1. The Kier molecular flexibility index (Phi) is 9.29. The van der Waals surface area contributed by atoms with Crippen LogP contribution < -0.4 is 19.7 Å². The lowest BCUT2D eigenvalue weighted by Gasteiger charge is -2.35. The Balaban J connectivity index is 1.42. The Morgan fingerprint density at radius 2 is 1.68 bits per heavy atom. The Hall–Kier alpha value is -3.52. The lowest BCUT2D eigenvalue weighted by Crippen LogP contribution is -2.47. The van der Waals surface area contributed by atoms with Gasteiger partial charge in [-0.1, -0.05) is 37.3 Å². The van der Waals surface area contributed by atoms with E-state index in [0.29, 0.717) is 44.2 Å². The molecule has 0 aliphatic carbocycles. The number of nitrogens with one attached hydrogen (secondary N) is 1. The van der Waals surface area contributed by atoms with Crippen molar-refractivity contribution in [2.75, 3.05) is 24.7 Å². The minimum atomic E-state index is -0.569. The van der Waals surface area contributed by atoms with E-state index in [9.17, 15) is 14.0 Å². The average Bonchev–Trinajstić information content (AvgIpc) is 2.92. The van der Waals surface area contributed by atoms with Gasteiger partial charge in [0.15, 0.2) is 11.5 Å². The van der Waals surface area contributed by atoms with Crippen molar-refractivity contribution in [2.45, 2.75) is 43.9 Å². The first-order valence-electron chi connectivity index (χ1n) is 12.9. The number of benzene rings is 3. The van der Waals surface area contributed by atoms with Crippen molar-refractivity contribution >= 4 is 29.3 Å². The van der Waals surface area contributed by atoms with Gasteiger partial charge in [0.2, 0.25) is 11.8 Å². The number of fused-ring (bicyclic) bond motifs is 1. The SMILES string of the molecule is CCOc1ccc(CCNC(=O)[C@H](C)[C@H]2Sc3ccccc3N(Cc3ccc(F)cc3)C2=O)cc1OCC. The lowest BCUT2D eigenvalue weighted by molar-refractivity contribution is -0.128. The van der Waals surface area contributed by atoms with Crippen LogP contribution in [0.1, 0.15) is 31.9 Å². The molecule has 0 saturated carbocycles. The van der Waals surface area contributed by atoms with Crippen LogP contribution in [0.4, 0.5) is 10.1 Å². The molecule has 3 aromatic carbocycles. The van der Waals surface area contributed by atoms with Crippen LogP contribution in [0.15, 0.2) is 71.6 Å². The Bertz CT molecular complexity index is 1270. The van der Waals surface area contributed by atoms with Crippen molar-refractivity contribution in [3.05, 3.63) is 83.7 Å². The maximum Gasteiger partial charge on any atom is 0.241 e. The molecule has 1 N–H and O–H groups in total. The second-order valence-electron chi connectivity index (χ2n) is 9.03. The zero-order chi connectivity index (χ0) is 27.1. The molecule has 0 saturated heterocycles. The number of halogens is 1. The molecule has 6 nitrogen and oxygen atoms in total. The van der Waals surface area contributed by atoms with Crippen molar-refractivity contribution in [3.63, 3.8) is 0 Å². The third-order valence-electron chi connectivity index (χ3n) is 6.36. The second kappa shape index (κ2) is 12.8. The van der Waals surface area contributed by atoms with Crippen LogP contribution in [-0.4, -0.2) is 36.8 Å². The van der Waals surface area contributed by atoms with Crippen LogP contribution in [0.5, 0.6) is 11.5 Å². The fraction of sp³-hybridized carbons (Fsp3) is 0.333. The molecule has 0 spiro atoms. The number of nitrogens with zero attached hydrogens (tertiary/aromatic N) is 1. The van der Waals surface area contributed by atoms with Gasteiger partial charge in [-0.2, -0.15) is 0 Å². The number of thioether (sulfide) groups is 1. The number of amides is 2. The van der Waals surface area contributed by atoms with E-state index in [-0.39, 0.29) is 17.6 Å². The van der Waals surface area contributed by atoms with E-state index in [2.05, 4.69) is 5.32 Å². The monoisotopic (exact) mass is 536 g/mol. The Morgan fingerprint density at radius 3 is 2.42 bits per heavy atom. The average molecular weight is 537 g/mol. The third-order valence-corrected chi connectivity index (χ3v) is 7.82. The summed E-state index contributed by atoms with van der Waals surface area (Å²) in [6, 6.07) is 19.6. The molecule has 200 valence electrons. The summed E-state index contributed by atoms with van der Waals surface area (Å²) in [5.74, 6) is 0.222. The number of carbonyl (C=O) groups excluding carboxylic acids is 2. The molecule has 1 aliphatic heterocycles.